The zero-order valence-electron chi connectivity index (χ0n) is 6.79. The first-order chi connectivity index (χ1) is 5.27. The molecule has 0 bridgehead atoms. The van der Waals surface area contributed by atoms with Crippen LogP contribution in [0, 0.1) is 6.92 Å². The van der Waals surface area contributed by atoms with Crippen molar-refractivity contribution in [3.8, 4) is 0 Å². The lowest BCUT2D eigenvalue weighted by Gasteiger charge is -2.01. The number of aromatic nitrogens is 1. The Hall–Kier alpha value is -0.500. The lowest BCUT2D eigenvalue weighted by Crippen LogP contribution is -1.90. The Balaban J connectivity index is 2.52. The third kappa shape index (κ3) is 1.16. The summed E-state index contributed by atoms with van der Waals surface area (Å²) in [6, 6.07) is 2.26. The Morgan fingerprint density at radius 2 is 2.45 bits per heavy atom. The Kier molecular flexibility index (Phi) is 1.64. The molecule has 1 aromatic heterocycles. The standard InChI is InChI=1S/C9H11NS/c1-6-3-8-7(2)5-11-9(8)10-4-6/h3-4,7H,5H2,1-2H3. The highest BCUT2D eigenvalue weighted by molar-refractivity contribution is 7.99. The smallest absolute Gasteiger partial charge is 0.0995 e. The minimum atomic E-state index is 0.697. The first-order valence-corrected chi connectivity index (χ1v) is 4.85. The van der Waals surface area contributed by atoms with Crippen molar-refractivity contribution in [2.45, 2.75) is 24.8 Å². The fraction of sp³-hybridized carbons (Fsp3) is 0.444. The minimum absolute atomic E-state index is 0.697. The van der Waals surface area contributed by atoms with E-state index in [0.717, 1.165) is 0 Å². The molecule has 11 heavy (non-hydrogen) atoms. The van der Waals surface area contributed by atoms with Gasteiger partial charge in [-0.1, -0.05) is 13.0 Å². The molecular weight excluding hydrogens is 154 g/mol. The summed E-state index contributed by atoms with van der Waals surface area (Å²) < 4.78 is 0. The molecule has 0 amide bonds. The Morgan fingerprint density at radius 3 is 3.27 bits per heavy atom. The zero-order valence-corrected chi connectivity index (χ0v) is 7.61. The maximum atomic E-state index is 4.37. The summed E-state index contributed by atoms with van der Waals surface area (Å²) in [5.74, 6) is 1.90. The van der Waals surface area contributed by atoms with Gasteiger partial charge in [-0.25, -0.2) is 4.98 Å². The van der Waals surface area contributed by atoms with E-state index in [2.05, 4.69) is 24.9 Å². The molecule has 0 radical (unpaired) electrons. The van der Waals surface area contributed by atoms with Gasteiger partial charge >= 0.3 is 0 Å². The molecular formula is C9H11NS. The third-order valence-corrected chi connectivity index (χ3v) is 3.30. The third-order valence-electron chi connectivity index (χ3n) is 2.02. The summed E-state index contributed by atoms with van der Waals surface area (Å²) in [6.07, 6.45) is 1.95. The van der Waals surface area contributed by atoms with Crippen LogP contribution in [0.15, 0.2) is 17.3 Å². The van der Waals surface area contributed by atoms with Crippen LogP contribution in [-0.4, -0.2) is 10.7 Å². The summed E-state index contributed by atoms with van der Waals surface area (Å²) in [4.78, 5) is 4.37. The predicted octanol–water partition coefficient (Wildman–Crippen LogP) is 2.60. The molecule has 0 N–H and O–H groups in total. The van der Waals surface area contributed by atoms with Gasteiger partial charge in [0.05, 0.1) is 5.03 Å². The second kappa shape index (κ2) is 2.52. The molecule has 1 unspecified atom stereocenters. The van der Waals surface area contributed by atoms with Crippen molar-refractivity contribution in [1.29, 1.82) is 0 Å². The number of pyridine rings is 1. The molecule has 2 heteroatoms. The lowest BCUT2D eigenvalue weighted by atomic mass is 10.0. The van der Waals surface area contributed by atoms with Crippen molar-refractivity contribution in [1.82, 2.24) is 4.98 Å². The largest absolute Gasteiger partial charge is 0.249 e. The molecule has 2 rings (SSSR count). The average Bonchev–Trinajstić information content (AvgIpc) is 2.33. The van der Waals surface area contributed by atoms with E-state index < -0.39 is 0 Å². The molecule has 1 atom stereocenters. The number of fused-ring (bicyclic) bond motifs is 1. The molecule has 0 saturated carbocycles. The van der Waals surface area contributed by atoms with E-state index in [1.54, 1.807) is 0 Å². The predicted molar refractivity (Wildman–Crippen MR) is 48.1 cm³/mol. The zero-order chi connectivity index (χ0) is 7.84. The van der Waals surface area contributed by atoms with Crippen molar-refractivity contribution < 1.29 is 0 Å². The Morgan fingerprint density at radius 1 is 1.64 bits per heavy atom. The molecule has 58 valence electrons. The summed E-state index contributed by atoms with van der Waals surface area (Å²) >= 11 is 1.87. The fourth-order valence-corrected chi connectivity index (χ4v) is 2.49. The molecule has 1 nitrogen and oxygen atoms in total. The van der Waals surface area contributed by atoms with Crippen LogP contribution >= 0.6 is 11.8 Å². The summed E-state index contributed by atoms with van der Waals surface area (Å²) in [6.45, 7) is 4.36. The first-order valence-electron chi connectivity index (χ1n) is 3.86. The van der Waals surface area contributed by atoms with Crippen LogP contribution in [-0.2, 0) is 0 Å². The lowest BCUT2D eigenvalue weighted by molar-refractivity contribution is 0.859. The summed E-state index contributed by atoms with van der Waals surface area (Å²) in [5.41, 5.74) is 2.72. The highest BCUT2D eigenvalue weighted by atomic mass is 32.2. The van der Waals surface area contributed by atoms with Gasteiger partial charge in [-0.2, -0.15) is 0 Å². The number of nitrogens with zero attached hydrogens (tertiary/aromatic N) is 1. The Labute approximate surface area is 71.2 Å². The van der Waals surface area contributed by atoms with E-state index in [-0.39, 0.29) is 0 Å². The van der Waals surface area contributed by atoms with Crippen LogP contribution < -0.4 is 0 Å². The number of aryl methyl sites for hydroxylation is 1. The molecule has 0 aliphatic carbocycles. The van der Waals surface area contributed by atoms with E-state index >= 15 is 0 Å². The van der Waals surface area contributed by atoms with Crippen LogP contribution in [0.5, 0.6) is 0 Å². The maximum Gasteiger partial charge on any atom is 0.0995 e. The van der Waals surface area contributed by atoms with Gasteiger partial charge in [0.1, 0.15) is 0 Å². The van der Waals surface area contributed by atoms with Gasteiger partial charge in [0.25, 0.3) is 0 Å². The molecule has 0 spiro atoms. The van der Waals surface area contributed by atoms with E-state index in [9.17, 15) is 0 Å². The maximum absolute atomic E-state index is 4.37. The highest BCUT2D eigenvalue weighted by Crippen LogP contribution is 2.37. The molecule has 1 aliphatic rings. The summed E-state index contributed by atoms with van der Waals surface area (Å²) in [7, 11) is 0. The van der Waals surface area contributed by atoms with Gasteiger partial charge in [-0.15, -0.1) is 11.8 Å². The van der Waals surface area contributed by atoms with Gasteiger partial charge in [-0.3, -0.25) is 0 Å². The van der Waals surface area contributed by atoms with Crippen LogP contribution in [0.4, 0.5) is 0 Å². The van der Waals surface area contributed by atoms with Gasteiger partial charge in [0, 0.05) is 11.9 Å². The quantitative estimate of drug-likeness (QED) is 0.586. The number of hydrogen-bond acceptors (Lipinski definition) is 2. The van der Waals surface area contributed by atoms with Gasteiger partial charge in [0.2, 0.25) is 0 Å². The number of hydrogen-bond donors (Lipinski definition) is 0. The summed E-state index contributed by atoms with van der Waals surface area (Å²) in [5, 5.41) is 1.24. The molecule has 2 heterocycles. The van der Waals surface area contributed by atoms with Gasteiger partial charge in [-0.05, 0) is 24.0 Å². The second-order valence-corrected chi connectivity index (χ2v) is 4.13. The van der Waals surface area contributed by atoms with E-state index in [4.69, 9.17) is 0 Å². The van der Waals surface area contributed by atoms with Crippen LogP contribution in [0.2, 0.25) is 0 Å². The molecule has 0 saturated heterocycles. The SMILES string of the molecule is Cc1cnc2c(c1)C(C)CS2. The molecule has 0 fully saturated rings. The van der Waals surface area contributed by atoms with E-state index in [0.29, 0.717) is 5.92 Å². The normalized spacial score (nSPS) is 21.8. The monoisotopic (exact) mass is 165 g/mol. The van der Waals surface area contributed by atoms with Crippen molar-refractivity contribution in [2.75, 3.05) is 5.75 Å². The van der Waals surface area contributed by atoms with Gasteiger partial charge < -0.3 is 0 Å². The van der Waals surface area contributed by atoms with Crippen LogP contribution in [0.1, 0.15) is 24.0 Å². The van der Waals surface area contributed by atoms with Crippen molar-refractivity contribution in [3.05, 3.63) is 23.4 Å². The molecule has 0 aromatic carbocycles. The molecule has 1 aromatic rings. The molecule has 1 aliphatic heterocycles. The van der Waals surface area contributed by atoms with Crippen molar-refractivity contribution >= 4 is 11.8 Å². The minimum Gasteiger partial charge on any atom is -0.249 e. The average molecular weight is 165 g/mol. The van der Waals surface area contributed by atoms with Crippen LogP contribution in [0.25, 0.3) is 0 Å². The Bertz CT molecular complexity index is 283. The second-order valence-electron chi connectivity index (χ2n) is 3.12. The number of thioether (sulfide) groups is 1. The highest BCUT2D eigenvalue weighted by Gasteiger charge is 2.19. The topological polar surface area (TPSA) is 12.9 Å². The van der Waals surface area contributed by atoms with Crippen molar-refractivity contribution in [3.63, 3.8) is 0 Å². The van der Waals surface area contributed by atoms with E-state index in [1.807, 2.05) is 18.0 Å². The van der Waals surface area contributed by atoms with Crippen molar-refractivity contribution in [2.24, 2.45) is 0 Å². The fourth-order valence-electron chi connectivity index (χ4n) is 1.35. The van der Waals surface area contributed by atoms with E-state index in [1.165, 1.54) is 21.9 Å². The first kappa shape index (κ1) is 7.17. The number of rotatable bonds is 0. The van der Waals surface area contributed by atoms with Crippen LogP contribution in [0.3, 0.4) is 0 Å². The van der Waals surface area contributed by atoms with Gasteiger partial charge in [0.15, 0.2) is 0 Å².